The second-order valence-electron chi connectivity index (χ2n) is 5.74. The number of nitrogens with one attached hydrogen (secondary N) is 1. The Morgan fingerprint density at radius 3 is 2.42 bits per heavy atom. The molecule has 26 heavy (non-hydrogen) atoms. The van der Waals surface area contributed by atoms with Crippen LogP contribution in [-0.2, 0) is 32.6 Å². The van der Waals surface area contributed by atoms with Gasteiger partial charge in [0.15, 0.2) is 0 Å². The van der Waals surface area contributed by atoms with Gasteiger partial charge in [0.2, 0.25) is 21.8 Å². The van der Waals surface area contributed by atoms with E-state index in [9.17, 15) is 18.0 Å². The minimum absolute atomic E-state index is 0.0420. The number of nitrogens with two attached hydrogens (primary N) is 1. The fourth-order valence-corrected chi connectivity index (χ4v) is 2.81. The fourth-order valence-electron chi connectivity index (χ4n) is 2.29. The highest BCUT2D eigenvalue weighted by molar-refractivity contribution is 7.89. The van der Waals surface area contributed by atoms with Crippen LogP contribution in [0.5, 0.6) is 0 Å². The van der Waals surface area contributed by atoms with E-state index in [1.807, 2.05) is 0 Å². The van der Waals surface area contributed by atoms with Crippen LogP contribution in [0.25, 0.3) is 0 Å². The number of carbonyl (C=O) groups excluding carboxylic acids is 2. The van der Waals surface area contributed by atoms with Crippen molar-refractivity contribution in [1.29, 1.82) is 0 Å². The molecule has 1 aromatic heterocycles. The summed E-state index contributed by atoms with van der Waals surface area (Å²) in [5.41, 5.74) is 0.858. The molecular weight excluding hydrogens is 358 g/mol. The average molecular weight is 379 g/mol. The van der Waals surface area contributed by atoms with Crippen molar-refractivity contribution in [2.45, 2.75) is 24.8 Å². The molecule has 0 spiro atoms. The number of carbonyl (C=O) groups is 2. The number of primary sulfonamides is 1. The van der Waals surface area contributed by atoms with Crippen LogP contribution in [0.2, 0.25) is 0 Å². The number of hydrogen-bond donors (Lipinski definition) is 2. The Hall–Kier alpha value is -2.65. The maximum atomic E-state index is 12.0. The lowest BCUT2D eigenvalue weighted by atomic mass is 10.1. The van der Waals surface area contributed by atoms with Gasteiger partial charge in [-0.15, -0.1) is 0 Å². The molecule has 9 heteroatoms. The second kappa shape index (κ2) is 8.63. The average Bonchev–Trinajstić information content (AvgIpc) is 3.07. The largest absolute Gasteiger partial charge is 0.467 e. The maximum Gasteiger partial charge on any atom is 0.239 e. The molecule has 0 saturated heterocycles. The zero-order chi connectivity index (χ0) is 19.2. The zero-order valence-corrected chi connectivity index (χ0v) is 15.2. The van der Waals surface area contributed by atoms with E-state index >= 15 is 0 Å². The number of hydrogen-bond acceptors (Lipinski definition) is 5. The Balaban J connectivity index is 1.81. The third kappa shape index (κ3) is 6.01. The van der Waals surface area contributed by atoms with Gasteiger partial charge in [-0.25, -0.2) is 13.6 Å². The van der Waals surface area contributed by atoms with Gasteiger partial charge in [-0.2, -0.15) is 0 Å². The third-order valence-corrected chi connectivity index (χ3v) is 4.62. The summed E-state index contributed by atoms with van der Waals surface area (Å²) in [5, 5.41) is 7.78. The predicted octanol–water partition coefficient (Wildman–Crippen LogP) is 0.634. The summed E-state index contributed by atoms with van der Waals surface area (Å²) in [6, 6.07) is 9.59. The summed E-state index contributed by atoms with van der Waals surface area (Å²) in [7, 11) is -3.71. The van der Waals surface area contributed by atoms with E-state index in [0.29, 0.717) is 18.7 Å². The second-order valence-corrected chi connectivity index (χ2v) is 7.30. The third-order valence-electron chi connectivity index (χ3n) is 3.69. The van der Waals surface area contributed by atoms with Crippen molar-refractivity contribution in [2.75, 3.05) is 13.1 Å². The molecule has 1 heterocycles. The van der Waals surface area contributed by atoms with Crippen LogP contribution in [0.4, 0.5) is 0 Å². The lowest BCUT2D eigenvalue weighted by Crippen LogP contribution is -2.39. The van der Waals surface area contributed by atoms with E-state index < -0.39 is 10.0 Å². The molecule has 0 aliphatic rings. The van der Waals surface area contributed by atoms with Crippen molar-refractivity contribution >= 4 is 21.8 Å². The Bertz CT molecular complexity index is 845. The summed E-state index contributed by atoms with van der Waals surface area (Å²) in [6.07, 6.45) is 2.03. The van der Waals surface area contributed by atoms with Crippen LogP contribution >= 0.6 is 0 Å². The molecule has 0 unspecified atom stereocenters. The number of sulfonamides is 1. The first kappa shape index (κ1) is 19.7. The van der Waals surface area contributed by atoms with E-state index in [1.54, 1.807) is 24.3 Å². The predicted molar refractivity (Wildman–Crippen MR) is 94.3 cm³/mol. The molecule has 140 valence electrons. The van der Waals surface area contributed by atoms with Gasteiger partial charge in [-0.3, -0.25) is 9.59 Å². The molecule has 1 aromatic carbocycles. The molecule has 2 amide bonds. The van der Waals surface area contributed by atoms with E-state index in [1.165, 1.54) is 30.2 Å². The molecular formula is C17H21N3O5S. The molecule has 2 aromatic rings. The lowest BCUT2D eigenvalue weighted by Gasteiger charge is -2.19. The van der Waals surface area contributed by atoms with Crippen LogP contribution < -0.4 is 10.5 Å². The van der Waals surface area contributed by atoms with Gasteiger partial charge in [0.05, 0.1) is 24.2 Å². The summed E-state index contributed by atoms with van der Waals surface area (Å²) >= 11 is 0. The van der Waals surface area contributed by atoms with Gasteiger partial charge < -0.3 is 14.6 Å². The van der Waals surface area contributed by atoms with E-state index in [2.05, 4.69) is 5.32 Å². The molecule has 0 aliphatic carbocycles. The fraction of sp³-hybridized carbons (Fsp3) is 0.294. The molecule has 8 nitrogen and oxygen atoms in total. The molecule has 0 atom stereocenters. The molecule has 0 saturated carbocycles. The number of amides is 2. The monoisotopic (exact) mass is 379 g/mol. The summed E-state index contributed by atoms with van der Waals surface area (Å²) in [5.74, 6) is 0.0889. The topological polar surface area (TPSA) is 123 Å². The van der Waals surface area contributed by atoms with Crippen molar-refractivity contribution in [3.05, 3.63) is 54.0 Å². The maximum absolute atomic E-state index is 12.0. The van der Waals surface area contributed by atoms with Gasteiger partial charge in [0, 0.05) is 13.5 Å². The molecule has 0 fully saturated rings. The van der Waals surface area contributed by atoms with Crippen molar-refractivity contribution in [1.82, 2.24) is 10.2 Å². The van der Waals surface area contributed by atoms with Gasteiger partial charge >= 0.3 is 0 Å². The smallest absolute Gasteiger partial charge is 0.239 e. The summed E-state index contributed by atoms with van der Waals surface area (Å²) < 4.78 is 27.6. The van der Waals surface area contributed by atoms with Crippen molar-refractivity contribution in [2.24, 2.45) is 5.14 Å². The molecule has 0 bridgehead atoms. The van der Waals surface area contributed by atoms with Crippen molar-refractivity contribution < 1.29 is 22.4 Å². The Labute approximate surface area is 152 Å². The number of benzene rings is 1. The first-order valence-electron chi connectivity index (χ1n) is 7.92. The van der Waals surface area contributed by atoms with E-state index in [4.69, 9.17) is 9.56 Å². The van der Waals surface area contributed by atoms with Crippen molar-refractivity contribution in [3.8, 4) is 0 Å². The first-order chi connectivity index (χ1) is 12.3. The van der Waals surface area contributed by atoms with Crippen LogP contribution in [0.1, 0.15) is 18.2 Å². The molecule has 0 radical (unpaired) electrons. The van der Waals surface area contributed by atoms with Gasteiger partial charge in [0.1, 0.15) is 5.76 Å². The summed E-state index contributed by atoms with van der Waals surface area (Å²) in [6.45, 7) is 1.91. The minimum atomic E-state index is -3.71. The highest BCUT2D eigenvalue weighted by Crippen LogP contribution is 2.09. The molecule has 0 aliphatic heterocycles. The summed E-state index contributed by atoms with van der Waals surface area (Å²) in [4.78, 5) is 25.1. The zero-order valence-electron chi connectivity index (χ0n) is 14.3. The van der Waals surface area contributed by atoms with Crippen molar-refractivity contribution in [3.63, 3.8) is 0 Å². The van der Waals surface area contributed by atoms with Crippen LogP contribution in [0.3, 0.4) is 0 Å². The first-order valence-corrected chi connectivity index (χ1v) is 9.46. The van der Waals surface area contributed by atoms with E-state index in [-0.39, 0.29) is 29.8 Å². The number of nitrogens with zero attached hydrogens (tertiary/aromatic N) is 1. The standard InChI is InChI=1S/C17H21N3O5S/c1-13(21)20(11-15-3-2-10-25-15)12-17(22)19-9-8-14-4-6-16(7-5-14)26(18,23)24/h2-7,10H,8-9,11-12H2,1H3,(H,19,22)(H2,18,23,24). The van der Waals surface area contributed by atoms with Gasteiger partial charge in [0.25, 0.3) is 0 Å². The van der Waals surface area contributed by atoms with Crippen LogP contribution in [0, 0.1) is 0 Å². The Morgan fingerprint density at radius 1 is 1.19 bits per heavy atom. The number of furan rings is 1. The highest BCUT2D eigenvalue weighted by Gasteiger charge is 2.15. The highest BCUT2D eigenvalue weighted by atomic mass is 32.2. The SMILES string of the molecule is CC(=O)N(CC(=O)NCCc1ccc(S(N)(=O)=O)cc1)Cc1ccco1. The molecule has 3 N–H and O–H groups in total. The quantitative estimate of drug-likeness (QED) is 0.697. The Kier molecular flexibility index (Phi) is 6.53. The minimum Gasteiger partial charge on any atom is -0.467 e. The molecule has 2 rings (SSSR count). The van der Waals surface area contributed by atoms with Crippen LogP contribution in [0.15, 0.2) is 52.0 Å². The van der Waals surface area contributed by atoms with Gasteiger partial charge in [-0.1, -0.05) is 12.1 Å². The van der Waals surface area contributed by atoms with Crippen LogP contribution in [-0.4, -0.2) is 38.2 Å². The van der Waals surface area contributed by atoms with Gasteiger partial charge in [-0.05, 0) is 36.2 Å². The van der Waals surface area contributed by atoms with E-state index in [0.717, 1.165) is 5.56 Å². The number of rotatable bonds is 8. The lowest BCUT2D eigenvalue weighted by molar-refractivity contribution is -0.135. The normalized spacial score (nSPS) is 11.2. The Morgan fingerprint density at radius 2 is 1.88 bits per heavy atom.